The van der Waals surface area contributed by atoms with Gasteiger partial charge in [-0.25, -0.2) is 8.78 Å². The quantitative estimate of drug-likeness (QED) is 0.691. The Kier molecular flexibility index (Phi) is 3.37. The fourth-order valence-electron chi connectivity index (χ4n) is 0.938. The van der Waals surface area contributed by atoms with E-state index in [0.717, 1.165) is 18.2 Å². The second-order valence-electron chi connectivity index (χ2n) is 2.58. The molecule has 0 bridgehead atoms. The molecule has 0 aliphatic carbocycles. The van der Waals surface area contributed by atoms with Crippen molar-refractivity contribution in [3.05, 3.63) is 35.4 Å². The molecule has 13 heavy (non-hydrogen) atoms. The van der Waals surface area contributed by atoms with Crippen molar-refractivity contribution >= 4 is 17.4 Å². The smallest absolute Gasteiger partial charge is 0.152 e. The number of benzene rings is 1. The Labute approximate surface area is 79.3 Å². The van der Waals surface area contributed by atoms with Gasteiger partial charge in [0.1, 0.15) is 11.6 Å². The van der Waals surface area contributed by atoms with Gasteiger partial charge in [0.15, 0.2) is 5.78 Å². The van der Waals surface area contributed by atoms with E-state index in [4.69, 9.17) is 11.6 Å². The summed E-state index contributed by atoms with van der Waals surface area (Å²) in [6.07, 6.45) is -0.160. The minimum absolute atomic E-state index is 0.0469. The van der Waals surface area contributed by atoms with Crippen LogP contribution in [0.25, 0.3) is 0 Å². The summed E-state index contributed by atoms with van der Waals surface area (Å²) in [6, 6.07) is 3.00. The second kappa shape index (κ2) is 4.33. The molecule has 0 aliphatic rings. The predicted molar refractivity (Wildman–Crippen MR) is 45.8 cm³/mol. The number of Topliss-reactive ketones (excluding diaryl/α,β-unsaturated/α-hetero) is 1. The monoisotopic (exact) mass is 204 g/mol. The molecule has 1 aromatic carbocycles. The minimum Gasteiger partial charge on any atom is -0.298 e. The summed E-state index contributed by atoms with van der Waals surface area (Å²) in [5.74, 6) is -1.65. The average molecular weight is 205 g/mol. The van der Waals surface area contributed by atoms with Crippen molar-refractivity contribution in [1.82, 2.24) is 0 Å². The molecule has 4 heteroatoms. The molecule has 0 fully saturated rings. The number of ketones is 1. The Morgan fingerprint density at radius 1 is 1.38 bits per heavy atom. The van der Waals surface area contributed by atoms with Crippen molar-refractivity contribution in [3.63, 3.8) is 0 Å². The molecule has 0 unspecified atom stereocenters. The average Bonchev–Trinajstić information content (AvgIpc) is 2.11. The summed E-state index contributed by atoms with van der Waals surface area (Å²) >= 11 is 5.23. The zero-order chi connectivity index (χ0) is 9.84. The van der Waals surface area contributed by atoms with E-state index in [1.54, 1.807) is 0 Å². The van der Waals surface area contributed by atoms with E-state index < -0.39 is 11.6 Å². The van der Waals surface area contributed by atoms with Crippen molar-refractivity contribution in [2.24, 2.45) is 0 Å². The standard InChI is InChI=1S/C9H7ClF2O/c10-5-8(13)4-6-3-7(11)1-2-9(6)12/h1-3H,4-5H2. The van der Waals surface area contributed by atoms with Gasteiger partial charge in [0, 0.05) is 6.42 Å². The molecule has 0 saturated heterocycles. The van der Waals surface area contributed by atoms with Crippen LogP contribution in [0.2, 0.25) is 0 Å². The van der Waals surface area contributed by atoms with E-state index in [0.29, 0.717) is 0 Å². The topological polar surface area (TPSA) is 17.1 Å². The molecule has 0 aliphatic heterocycles. The lowest BCUT2D eigenvalue weighted by atomic mass is 10.1. The Hall–Kier alpha value is -0.960. The summed E-state index contributed by atoms with van der Waals surface area (Å²) in [6.45, 7) is 0. The first kappa shape index (κ1) is 10.1. The Balaban J connectivity index is 2.87. The molecule has 0 radical (unpaired) electrons. The molecule has 1 aromatic rings. The molecular weight excluding hydrogens is 198 g/mol. The van der Waals surface area contributed by atoms with Crippen LogP contribution in [0.4, 0.5) is 8.78 Å². The number of halogens is 3. The summed E-state index contributed by atoms with van der Waals surface area (Å²) in [4.78, 5) is 10.8. The largest absolute Gasteiger partial charge is 0.298 e. The third-order valence-corrected chi connectivity index (χ3v) is 1.84. The number of carbonyl (C=O) groups excluding carboxylic acids is 1. The molecule has 1 rings (SSSR count). The Morgan fingerprint density at radius 2 is 2.08 bits per heavy atom. The van der Waals surface area contributed by atoms with Crippen LogP contribution in [0.15, 0.2) is 18.2 Å². The normalized spacial score (nSPS) is 10.1. The van der Waals surface area contributed by atoms with Crippen LogP contribution in [-0.2, 0) is 11.2 Å². The van der Waals surface area contributed by atoms with Gasteiger partial charge in [0.2, 0.25) is 0 Å². The number of hydrogen-bond donors (Lipinski definition) is 0. The molecule has 1 nitrogen and oxygen atoms in total. The maximum atomic E-state index is 12.9. The van der Waals surface area contributed by atoms with E-state index >= 15 is 0 Å². The summed E-state index contributed by atoms with van der Waals surface area (Å²) in [7, 11) is 0. The van der Waals surface area contributed by atoms with Gasteiger partial charge in [-0.1, -0.05) is 0 Å². The lowest BCUT2D eigenvalue weighted by Gasteiger charge is -2.00. The minimum atomic E-state index is -0.583. The molecular formula is C9H7ClF2O. The summed E-state index contributed by atoms with van der Waals surface area (Å²) in [5.41, 5.74) is 0.0469. The lowest BCUT2D eigenvalue weighted by molar-refractivity contribution is -0.116. The third-order valence-electron chi connectivity index (χ3n) is 1.54. The van der Waals surface area contributed by atoms with Gasteiger partial charge in [-0.2, -0.15) is 0 Å². The molecule has 0 N–H and O–H groups in total. The molecule has 0 aromatic heterocycles. The highest BCUT2D eigenvalue weighted by atomic mass is 35.5. The number of carbonyl (C=O) groups is 1. The number of rotatable bonds is 3. The maximum Gasteiger partial charge on any atom is 0.152 e. The number of hydrogen-bond acceptors (Lipinski definition) is 1. The molecule has 0 heterocycles. The van der Waals surface area contributed by atoms with Crippen molar-refractivity contribution in [3.8, 4) is 0 Å². The van der Waals surface area contributed by atoms with Crippen molar-refractivity contribution in [2.45, 2.75) is 6.42 Å². The van der Waals surface area contributed by atoms with Gasteiger partial charge in [-0.05, 0) is 23.8 Å². The zero-order valence-corrected chi connectivity index (χ0v) is 7.44. The number of alkyl halides is 1. The first-order chi connectivity index (χ1) is 6.13. The van der Waals surface area contributed by atoms with Crippen LogP contribution in [0, 0.1) is 11.6 Å². The Bertz CT molecular complexity index is 325. The van der Waals surface area contributed by atoms with E-state index in [-0.39, 0.29) is 23.6 Å². The van der Waals surface area contributed by atoms with E-state index in [2.05, 4.69) is 0 Å². The van der Waals surface area contributed by atoms with Gasteiger partial charge in [0.05, 0.1) is 5.88 Å². The first-order valence-corrected chi connectivity index (χ1v) is 4.18. The summed E-state index contributed by atoms with van der Waals surface area (Å²) < 4.78 is 25.5. The van der Waals surface area contributed by atoms with Crippen LogP contribution >= 0.6 is 11.6 Å². The van der Waals surface area contributed by atoms with Crippen molar-refractivity contribution in [1.29, 1.82) is 0 Å². The van der Waals surface area contributed by atoms with Crippen LogP contribution in [0.3, 0.4) is 0 Å². The highest BCUT2D eigenvalue weighted by Crippen LogP contribution is 2.10. The molecule has 0 saturated carbocycles. The van der Waals surface area contributed by atoms with Gasteiger partial charge in [0.25, 0.3) is 0 Å². The van der Waals surface area contributed by atoms with Gasteiger partial charge >= 0.3 is 0 Å². The van der Waals surface area contributed by atoms with Gasteiger partial charge in [-0.3, -0.25) is 4.79 Å². The van der Waals surface area contributed by atoms with Gasteiger partial charge < -0.3 is 0 Å². The van der Waals surface area contributed by atoms with Crippen LogP contribution < -0.4 is 0 Å². The van der Waals surface area contributed by atoms with E-state index in [9.17, 15) is 13.6 Å². The lowest BCUT2D eigenvalue weighted by Crippen LogP contribution is -2.05. The second-order valence-corrected chi connectivity index (χ2v) is 2.85. The van der Waals surface area contributed by atoms with Crippen LogP contribution in [-0.4, -0.2) is 11.7 Å². The zero-order valence-electron chi connectivity index (χ0n) is 6.69. The van der Waals surface area contributed by atoms with Crippen molar-refractivity contribution in [2.75, 3.05) is 5.88 Å². The molecule has 70 valence electrons. The predicted octanol–water partition coefficient (Wildman–Crippen LogP) is 2.32. The highest BCUT2D eigenvalue weighted by molar-refractivity contribution is 6.27. The van der Waals surface area contributed by atoms with E-state index in [1.165, 1.54) is 0 Å². The van der Waals surface area contributed by atoms with Crippen LogP contribution in [0.5, 0.6) is 0 Å². The Morgan fingerprint density at radius 3 is 2.69 bits per heavy atom. The van der Waals surface area contributed by atoms with Crippen molar-refractivity contribution < 1.29 is 13.6 Å². The maximum absolute atomic E-state index is 12.9. The SMILES string of the molecule is O=C(CCl)Cc1cc(F)ccc1F. The fraction of sp³-hybridized carbons (Fsp3) is 0.222. The first-order valence-electron chi connectivity index (χ1n) is 3.65. The van der Waals surface area contributed by atoms with E-state index in [1.807, 2.05) is 0 Å². The fourth-order valence-corrected chi connectivity index (χ4v) is 1.03. The molecule has 0 spiro atoms. The van der Waals surface area contributed by atoms with Crippen LogP contribution in [0.1, 0.15) is 5.56 Å². The molecule has 0 amide bonds. The summed E-state index contributed by atoms with van der Waals surface area (Å²) in [5, 5.41) is 0. The third kappa shape index (κ3) is 2.77. The highest BCUT2D eigenvalue weighted by Gasteiger charge is 2.07. The molecule has 0 atom stereocenters. The van der Waals surface area contributed by atoms with Gasteiger partial charge in [-0.15, -0.1) is 11.6 Å².